The van der Waals surface area contributed by atoms with E-state index >= 15 is 0 Å². The lowest BCUT2D eigenvalue weighted by molar-refractivity contribution is 0.0195. The molecule has 0 aliphatic carbocycles. The zero-order chi connectivity index (χ0) is 24.7. The number of amides is 1. The number of hydrogen-bond donors (Lipinski definition) is 2. The van der Waals surface area contributed by atoms with Gasteiger partial charge in [0, 0.05) is 13.2 Å². The Hall–Kier alpha value is -2.59. The number of nitrogens with one attached hydrogen (secondary N) is 2. The Bertz CT molecular complexity index is 975. The van der Waals surface area contributed by atoms with E-state index in [9.17, 15) is 9.59 Å². The van der Waals surface area contributed by atoms with Gasteiger partial charge in [0.25, 0.3) is 11.9 Å². The predicted molar refractivity (Wildman–Crippen MR) is 128 cm³/mol. The molecule has 0 spiro atoms. The summed E-state index contributed by atoms with van der Waals surface area (Å²) in [5, 5.41) is 3.34. The van der Waals surface area contributed by atoms with Gasteiger partial charge in [-0.1, -0.05) is 38.8 Å². The molecule has 1 fully saturated rings. The number of oxazole rings is 1. The molecule has 2 N–H and O–H groups in total. The van der Waals surface area contributed by atoms with E-state index in [4.69, 9.17) is 25.5 Å². The number of carbonyl (C=O) groups is 2. The van der Waals surface area contributed by atoms with Crippen molar-refractivity contribution in [2.24, 2.45) is 0 Å². The van der Waals surface area contributed by atoms with Gasteiger partial charge >= 0.3 is 5.97 Å². The fraction of sp³-hybridized carbons (Fsp3) is 0.652. The van der Waals surface area contributed by atoms with E-state index in [1.54, 1.807) is 6.92 Å². The first-order valence-corrected chi connectivity index (χ1v) is 12.3. The van der Waals surface area contributed by atoms with Crippen LogP contribution in [0.15, 0.2) is 4.42 Å². The number of nitrogens with zero attached hydrogens (tertiary/aromatic N) is 3. The lowest BCUT2D eigenvalue weighted by Gasteiger charge is -2.37. The Balaban J connectivity index is 1.68. The molecule has 0 radical (unpaired) electrons. The van der Waals surface area contributed by atoms with Gasteiger partial charge in [-0.25, -0.2) is 9.78 Å². The highest BCUT2D eigenvalue weighted by molar-refractivity contribution is 6.30. The van der Waals surface area contributed by atoms with Crippen molar-refractivity contribution >= 4 is 29.5 Å². The van der Waals surface area contributed by atoms with Crippen LogP contribution in [0.2, 0.25) is 5.15 Å². The van der Waals surface area contributed by atoms with E-state index in [2.05, 4.69) is 20.3 Å². The van der Waals surface area contributed by atoms with Gasteiger partial charge in [-0.05, 0) is 32.6 Å². The molecule has 1 aliphatic heterocycles. The average molecular weight is 496 g/mol. The maximum Gasteiger partial charge on any atom is 0.360 e. The molecular weight excluding hydrogens is 462 g/mol. The zero-order valence-corrected chi connectivity index (χ0v) is 21.0. The van der Waals surface area contributed by atoms with E-state index in [0.29, 0.717) is 56.1 Å². The van der Waals surface area contributed by atoms with E-state index in [0.717, 1.165) is 25.0 Å². The molecule has 1 saturated heterocycles. The Morgan fingerprint density at radius 1 is 1.24 bits per heavy atom. The fourth-order valence-corrected chi connectivity index (χ4v) is 4.01. The smallest absolute Gasteiger partial charge is 0.360 e. The molecule has 0 aromatic carbocycles. The zero-order valence-electron chi connectivity index (χ0n) is 20.3. The largest absolute Gasteiger partial charge is 0.461 e. The summed E-state index contributed by atoms with van der Waals surface area (Å²) in [4.78, 5) is 38.6. The Labute approximate surface area is 204 Å². The highest BCUT2D eigenvalue weighted by Crippen LogP contribution is 2.25. The summed E-state index contributed by atoms with van der Waals surface area (Å²) in [6.45, 7) is 9.62. The number of piperidine rings is 1. The summed E-state index contributed by atoms with van der Waals surface area (Å²) >= 11 is 6.08. The number of rotatable bonds is 11. The summed E-state index contributed by atoms with van der Waals surface area (Å²) < 4.78 is 17.1. The summed E-state index contributed by atoms with van der Waals surface area (Å²) in [7, 11) is 0. The molecule has 2 aromatic heterocycles. The van der Waals surface area contributed by atoms with Gasteiger partial charge in [0.1, 0.15) is 5.76 Å². The molecule has 3 rings (SSSR count). The minimum absolute atomic E-state index is 0.188. The van der Waals surface area contributed by atoms with Crippen LogP contribution in [0.3, 0.4) is 0 Å². The van der Waals surface area contributed by atoms with Gasteiger partial charge in [0.05, 0.1) is 31.0 Å². The minimum Gasteiger partial charge on any atom is -0.461 e. The molecule has 2 unspecified atom stereocenters. The molecule has 2 atom stereocenters. The minimum atomic E-state index is -0.481. The molecule has 1 amide bonds. The van der Waals surface area contributed by atoms with E-state index in [1.807, 2.05) is 25.7 Å². The molecule has 10 nitrogen and oxygen atoms in total. The van der Waals surface area contributed by atoms with Crippen LogP contribution in [0, 0.1) is 6.92 Å². The van der Waals surface area contributed by atoms with E-state index in [1.165, 1.54) is 0 Å². The lowest BCUT2D eigenvalue weighted by atomic mass is 10.0. The van der Waals surface area contributed by atoms with Crippen molar-refractivity contribution in [3.05, 3.63) is 28.1 Å². The van der Waals surface area contributed by atoms with E-state index < -0.39 is 5.97 Å². The van der Waals surface area contributed by atoms with Crippen LogP contribution in [0.4, 0.5) is 6.01 Å². The molecule has 34 heavy (non-hydrogen) atoms. The quantitative estimate of drug-likeness (QED) is 0.357. The number of aryl methyl sites for hydroxylation is 2. The molecule has 0 bridgehead atoms. The van der Waals surface area contributed by atoms with Crippen LogP contribution in [0.25, 0.3) is 0 Å². The third kappa shape index (κ3) is 6.29. The number of H-pyrrole nitrogens is 1. The standard InChI is InChI=1S/C23H34ClN5O5/c1-5-8-12-33-22(31)18-14(4)34-23(27-18)29-10-9-16(17(13-29)32-11-6-2)26-21(30)20-25-15(7-3)19(24)28-20/h16-17H,5-13H2,1-4H3,(H,25,28)(H,26,30). The number of hydrogen-bond acceptors (Lipinski definition) is 8. The third-order valence-corrected chi connectivity index (χ3v) is 6.00. The number of anilines is 1. The number of esters is 1. The second-order valence-electron chi connectivity index (χ2n) is 8.32. The first kappa shape index (κ1) is 26.0. The Morgan fingerprint density at radius 2 is 2.03 bits per heavy atom. The lowest BCUT2D eigenvalue weighted by Crippen LogP contribution is -2.55. The highest BCUT2D eigenvalue weighted by Gasteiger charge is 2.34. The molecule has 188 valence electrons. The van der Waals surface area contributed by atoms with Crippen molar-refractivity contribution in [2.75, 3.05) is 31.2 Å². The van der Waals surface area contributed by atoms with Gasteiger partial charge in [0.2, 0.25) is 0 Å². The summed E-state index contributed by atoms with van der Waals surface area (Å²) in [5.74, 6) is -0.202. The molecule has 11 heteroatoms. The van der Waals surface area contributed by atoms with Crippen molar-refractivity contribution in [2.45, 2.75) is 71.9 Å². The van der Waals surface area contributed by atoms with Gasteiger partial charge in [-0.2, -0.15) is 4.98 Å². The monoisotopic (exact) mass is 495 g/mol. The third-order valence-electron chi connectivity index (χ3n) is 5.69. The number of aromatic amines is 1. The first-order valence-electron chi connectivity index (χ1n) is 11.9. The van der Waals surface area contributed by atoms with Crippen LogP contribution < -0.4 is 10.2 Å². The number of carbonyl (C=O) groups excluding carboxylic acids is 2. The van der Waals surface area contributed by atoms with E-state index in [-0.39, 0.29) is 29.6 Å². The second-order valence-corrected chi connectivity index (χ2v) is 8.68. The number of unbranched alkanes of at least 4 members (excludes halogenated alkanes) is 1. The van der Waals surface area contributed by atoms with Gasteiger partial charge in [-0.3, -0.25) is 4.79 Å². The maximum absolute atomic E-state index is 12.8. The maximum atomic E-state index is 12.8. The van der Waals surface area contributed by atoms with Crippen molar-refractivity contribution < 1.29 is 23.5 Å². The molecule has 3 heterocycles. The first-order chi connectivity index (χ1) is 16.4. The number of halogens is 1. The number of ether oxygens (including phenoxy) is 2. The summed E-state index contributed by atoms with van der Waals surface area (Å²) in [5.41, 5.74) is 0.915. The van der Waals surface area contributed by atoms with Gasteiger partial charge < -0.3 is 29.1 Å². The van der Waals surface area contributed by atoms with Gasteiger partial charge in [-0.15, -0.1) is 0 Å². The fourth-order valence-electron chi connectivity index (χ4n) is 3.74. The van der Waals surface area contributed by atoms with Gasteiger partial charge in [0.15, 0.2) is 16.7 Å². The molecule has 1 aliphatic rings. The summed E-state index contributed by atoms with van der Waals surface area (Å²) in [6.07, 6.45) is 3.55. The molecule has 2 aromatic rings. The molecular formula is C23H34ClN5O5. The van der Waals surface area contributed by atoms with Crippen molar-refractivity contribution in [1.29, 1.82) is 0 Å². The predicted octanol–water partition coefficient (Wildman–Crippen LogP) is 3.68. The number of imidazole rings is 1. The Kier molecular flexibility index (Phi) is 9.35. The summed E-state index contributed by atoms with van der Waals surface area (Å²) in [6, 6.07) is 0.124. The van der Waals surface area contributed by atoms with Crippen LogP contribution in [-0.4, -0.2) is 65.3 Å². The second kappa shape index (κ2) is 12.2. The van der Waals surface area contributed by atoms with Crippen LogP contribution in [0.1, 0.15) is 79.0 Å². The normalized spacial score (nSPS) is 18.2. The van der Waals surface area contributed by atoms with Crippen molar-refractivity contribution in [3.8, 4) is 0 Å². The SMILES string of the molecule is CCCCOC(=O)c1nc(N2CCC(NC(=O)c3nc(Cl)c(CC)[nH]3)C(OCCC)C2)oc1C. The van der Waals surface area contributed by atoms with Crippen LogP contribution >= 0.6 is 11.6 Å². The van der Waals surface area contributed by atoms with Crippen LogP contribution in [0.5, 0.6) is 0 Å². The average Bonchev–Trinajstić information content (AvgIpc) is 3.40. The van der Waals surface area contributed by atoms with Crippen molar-refractivity contribution in [1.82, 2.24) is 20.3 Å². The van der Waals surface area contributed by atoms with Crippen LogP contribution in [-0.2, 0) is 15.9 Å². The molecule has 0 saturated carbocycles. The number of aromatic nitrogens is 3. The highest BCUT2D eigenvalue weighted by atomic mass is 35.5. The topological polar surface area (TPSA) is 123 Å². The Morgan fingerprint density at radius 3 is 2.71 bits per heavy atom. The van der Waals surface area contributed by atoms with Crippen molar-refractivity contribution in [3.63, 3.8) is 0 Å².